The highest BCUT2D eigenvalue weighted by Crippen LogP contribution is 2.13. The molecule has 0 radical (unpaired) electrons. The van der Waals surface area contributed by atoms with Gasteiger partial charge in [-0.3, -0.25) is 9.59 Å². The summed E-state index contributed by atoms with van der Waals surface area (Å²) in [5.74, 6) is -1.39. The first kappa shape index (κ1) is 17.2. The Hall–Kier alpha value is -1.89. The van der Waals surface area contributed by atoms with Crippen LogP contribution in [0, 0.1) is 0 Å². The van der Waals surface area contributed by atoms with Crippen LogP contribution < -0.4 is 5.32 Å². The van der Waals surface area contributed by atoms with E-state index in [1.165, 1.54) is 19.1 Å². The summed E-state index contributed by atoms with van der Waals surface area (Å²) in [6.07, 6.45) is 0.572. The summed E-state index contributed by atoms with van der Waals surface area (Å²) in [5.41, 5.74) is 0.822. The monoisotopic (exact) mass is 313 g/mol. The first-order chi connectivity index (χ1) is 9.76. The molecule has 0 saturated heterocycles. The van der Waals surface area contributed by atoms with Gasteiger partial charge in [0.1, 0.15) is 6.04 Å². The van der Waals surface area contributed by atoms with Crippen LogP contribution in [0.25, 0.3) is 0 Å². The number of carbonyl (C=O) groups is 2. The molecule has 0 bridgehead atoms. The fraction of sp³-hybridized carbons (Fsp3) is 0.429. The standard InChI is InChI=1S/C14H19NO5S/c1-3-21(19,20)12-7-4-11(5-8-12)6-9-13(16)15-10(2)14(17)18/h4-5,7-8,10H,3,6,9H2,1-2H3,(H,15,16)(H,17,18)/t10-/m0/s1. The van der Waals surface area contributed by atoms with Crippen molar-refractivity contribution < 1.29 is 23.1 Å². The van der Waals surface area contributed by atoms with Crippen molar-refractivity contribution in [1.29, 1.82) is 0 Å². The molecule has 1 aromatic carbocycles. The molecule has 1 rings (SSSR count). The van der Waals surface area contributed by atoms with Crippen molar-refractivity contribution in [2.24, 2.45) is 0 Å². The van der Waals surface area contributed by atoms with Crippen molar-refractivity contribution >= 4 is 21.7 Å². The highest BCUT2D eigenvalue weighted by Gasteiger charge is 2.14. The van der Waals surface area contributed by atoms with Crippen LogP contribution in [0.5, 0.6) is 0 Å². The molecule has 0 aliphatic carbocycles. The van der Waals surface area contributed by atoms with Crippen molar-refractivity contribution in [3.63, 3.8) is 0 Å². The van der Waals surface area contributed by atoms with Crippen molar-refractivity contribution in [1.82, 2.24) is 5.32 Å². The van der Waals surface area contributed by atoms with Crippen LogP contribution in [0.3, 0.4) is 0 Å². The molecule has 7 heteroatoms. The lowest BCUT2D eigenvalue weighted by Gasteiger charge is -2.09. The minimum Gasteiger partial charge on any atom is -0.480 e. The molecule has 2 N–H and O–H groups in total. The van der Waals surface area contributed by atoms with Gasteiger partial charge in [0.05, 0.1) is 10.6 Å². The lowest BCUT2D eigenvalue weighted by atomic mass is 10.1. The maximum absolute atomic E-state index is 11.6. The summed E-state index contributed by atoms with van der Waals surface area (Å²) in [7, 11) is -3.22. The van der Waals surface area contributed by atoms with Crippen LogP contribution in [-0.2, 0) is 25.8 Å². The van der Waals surface area contributed by atoms with E-state index < -0.39 is 21.8 Å². The maximum Gasteiger partial charge on any atom is 0.325 e. The van der Waals surface area contributed by atoms with Gasteiger partial charge >= 0.3 is 5.97 Å². The molecule has 1 amide bonds. The zero-order chi connectivity index (χ0) is 16.0. The molecule has 0 fully saturated rings. The van der Waals surface area contributed by atoms with Crippen LogP contribution in [0.4, 0.5) is 0 Å². The molecule has 0 heterocycles. The fourth-order valence-electron chi connectivity index (χ4n) is 1.66. The minimum absolute atomic E-state index is 0.0435. The summed E-state index contributed by atoms with van der Waals surface area (Å²) < 4.78 is 23.3. The molecule has 21 heavy (non-hydrogen) atoms. The van der Waals surface area contributed by atoms with Crippen molar-refractivity contribution in [3.05, 3.63) is 29.8 Å². The van der Waals surface area contributed by atoms with Gasteiger partial charge < -0.3 is 10.4 Å². The number of rotatable bonds is 7. The third kappa shape index (κ3) is 5.18. The zero-order valence-electron chi connectivity index (χ0n) is 12.0. The number of aryl methyl sites for hydroxylation is 1. The highest BCUT2D eigenvalue weighted by atomic mass is 32.2. The molecule has 0 saturated carbocycles. The van der Waals surface area contributed by atoms with Gasteiger partial charge in [0.25, 0.3) is 0 Å². The molecule has 0 aliphatic rings. The molecule has 0 unspecified atom stereocenters. The second-order valence-corrected chi connectivity index (χ2v) is 6.95. The first-order valence-corrected chi connectivity index (χ1v) is 8.25. The second kappa shape index (κ2) is 7.21. The molecule has 1 atom stereocenters. The van der Waals surface area contributed by atoms with Crippen LogP contribution in [0.15, 0.2) is 29.2 Å². The first-order valence-electron chi connectivity index (χ1n) is 6.60. The number of nitrogens with one attached hydrogen (secondary N) is 1. The number of benzene rings is 1. The number of hydrogen-bond donors (Lipinski definition) is 2. The predicted octanol–water partition coefficient (Wildman–Crippen LogP) is 1.00. The average Bonchev–Trinajstić information content (AvgIpc) is 2.45. The van der Waals surface area contributed by atoms with Crippen LogP contribution in [-0.4, -0.2) is 37.2 Å². The van der Waals surface area contributed by atoms with Gasteiger partial charge in [-0.2, -0.15) is 0 Å². The van der Waals surface area contributed by atoms with Crippen LogP contribution in [0.1, 0.15) is 25.8 Å². The lowest BCUT2D eigenvalue weighted by molar-refractivity contribution is -0.141. The summed E-state index contributed by atoms with van der Waals surface area (Å²) in [4.78, 5) is 22.4. The molecule has 1 aromatic rings. The Morgan fingerprint density at radius 1 is 1.24 bits per heavy atom. The Labute approximate surface area is 124 Å². The van der Waals surface area contributed by atoms with Crippen molar-refractivity contribution in [2.75, 3.05) is 5.75 Å². The predicted molar refractivity (Wildman–Crippen MR) is 77.7 cm³/mol. The van der Waals surface area contributed by atoms with Gasteiger partial charge in [-0.25, -0.2) is 8.42 Å². The number of sulfone groups is 1. The normalized spacial score (nSPS) is 12.7. The molecule has 0 spiro atoms. The molecule has 0 aromatic heterocycles. The average molecular weight is 313 g/mol. The Morgan fingerprint density at radius 2 is 1.81 bits per heavy atom. The Bertz CT molecular complexity index is 607. The number of aliphatic carboxylic acids is 1. The van der Waals surface area contributed by atoms with Crippen LogP contribution >= 0.6 is 0 Å². The van der Waals surface area contributed by atoms with Crippen molar-refractivity contribution in [2.45, 2.75) is 37.6 Å². The highest BCUT2D eigenvalue weighted by molar-refractivity contribution is 7.91. The molecule has 6 nitrogen and oxygen atoms in total. The summed E-state index contributed by atoms with van der Waals surface area (Å²) >= 11 is 0. The number of carboxylic acids is 1. The van der Waals surface area contributed by atoms with Gasteiger partial charge in [0.15, 0.2) is 9.84 Å². The molecular formula is C14H19NO5S. The van der Waals surface area contributed by atoms with E-state index in [1.54, 1.807) is 19.1 Å². The summed E-state index contributed by atoms with van der Waals surface area (Å²) in [6, 6.07) is 5.44. The van der Waals surface area contributed by atoms with Gasteiger partial charge in [-0.15, -0.1) is 0 Å². The Balaban J connectivity index is 2.58. The van der Waals surface area contributed by atoms with E-state index in [2.05, 4.69) is 5.32 Å². The van der Waals surface area contributed by atoms with Gasteiger partial charge in [0.2, 0.25) is 5.91 Å². The number of amides is 1. The van der Waals surface area contributed by atoms with E-state index in [0.29, 0.717) is 6.42 Å². The topological polar surface area (TPSA) is 101 Å². The van der Waals surface area contributed by atoms with Gasteiger partial charge in [-0.1, -0.05) is 19.1 Å². The van der Waals surface area contributed by atoms with E-state index >= 15 is 0 Å². The quantitative estimate of drug-likeness (QED) is 0.782. The van der Waals surface area contributed by atoms with E-state index in [1.807, 2.05) is 0 Å². The van der Waals surface area contributed by atoms with Crippen molar-refractivity contribution in [3.8, 4) is 0 Å². The molecule has 116 valence electrons. The van der Waals surface area contributed by atoms with Gasteiger partial charge in [-0.05, 0) is 31.0 Å². The SMILES string of the molecule is CCS(=O)(=O)c1ccc(CCC(=O)N[C@@H](C)C(=O)O)cc1. The van der Waals surface area contributed by atoms with Gasteiger partial charge in [0, 0.05) is 6.42 Å². The third-order valence-corrected chi connectivity index (χ3v) is 4.80. The largest absolute Gasteiger partial charge is 0.480 e. The van der Waals surface area contributed by atoms with E-state index in [9.17, 15) is 18.0 Å². The fourth-order valence-corrected chi connectivity index (χ4v) is 2.55. The number of hydrogen-bond acceptors (Lipinski definition) is 4. The maximum atomic E-state index is 11.6. The third-order valence-electron chi connectivity index (χ3n) is 3.05. The van der Waals surface area contributed by atoms with Crippen LogP contribution in [0.2, 0.25) is 0 Å². The lowest BCUT2D eigenvalue weighted by Crippen LogP contribution is -2.38. The summed E-state index contributed by atoms with van der Waals surface area (Å²) in [6.45, 7) is 2.97. The summed E-state index contributed by atoms with van der Waals surface area (Å²) in [5, 5.41) is 11.0. The van der Waals surface area contributed by atoms with E-state index in [4.69, 9.17) is 5.11 Å². The number of carbonyl (C=O) groups excluding carboxylic acids is 1. The minimum atomic E-state index is -3.22. The van der Waals surface area contributed by atoms with E-state index in [-0.39, 0.29) is 23.0 Å². The number of carboxylic acid groups (broad SMARTS) is 1. The molecular weight excluding hydrogens is 294 g/mol. The zero-order valence-corrected chi connectivity index (χ0v) is 12.8. The smallest absolute Gasteiger partial charge is 0.325 e. The Kier molecular flexibility index (Phi) is 5.90. The Morgan fingerprint density at radius 3 is 2.29 bits per heavy atom. The molecule has 0 aliphatic heterocycles. The second-order valence-electron chi connectivity index (χ2n) is 4.67. The van der Waals surface area contributed by atoms with E-state index in [0.717, 1.165) is 5.56 Å².